The molecule has 2 rings (SSSR count). The number of hydrogen-bond donors (Lipinski definition) is 2. The van der Waals surface area contributed by atoms with Gasteiger partial charge in [-0.1, -0.05) is 0 Å². The van der Waals surface area contributed by atoms with Gasteiger partial charge in [-0.05, 0) is 45.4 Å². The van der Waals surface area contributed by atoms with Gasteiger partial charge in [0.15, 0.2) is 0 Å². The fourth-order valence-corrected chi connectivity index (χ4v) is 3.04. The molecule has 0 spiro atoms. The summed E-state index contributed by atoms with van der Waals surface area (Å²) in [5.41, 5.74) is 6.84. The Hall–Kier alpha value is -1.46. The van der Waals surface area contributed by atoms with Gasteiger partial charge in [0.1, 0.15) is 11.5 Å². The summed E-state index contributed by atoms with van der Waals surface area (Å²) in [6.07, 6.45) is 1.71. The number of amidine groups is 1. The van der Waals surface area contributed by atoms with E-state index in [1.165, 1.54) is 0 Å². The normalized spacial score (nSPS) is 21.6. The Balaban J connectivity index is 2.13. The second-order valence-corrected chi connectivity index (χ2v) is 6.73. The smallest absolute Gasteiger partial charge is 0.141 e. The quantitative estimate of drug-likeness (QED) is 0.651. The zero-order valence-electron chi connectivity index (χ0n) is 12.7. The summed E-state index contributed by atoms with van der Waals surface area (Å²) < 4.78 is 6.08. The molecular formula is C15H24N4O. The zero-order chi connectivity index (χ0) is 15.0. The maximum atomic E-state index is 7.46. The third-order valence-corrected chi connectivity index (χ3v) is 3.27. The molecule has 0 amide bonds. The summed E-state index contributed by atoms with van der Waals surface area (Å²) in [5.74, 6) is 0.00878. The predicted molar refractivity (Wildman–Crippen MR) is 79.8 cm³/mol. The molecule has 0 atom stereocenters. The lowest BCUT2D eigenvalue weighted by Gasteiger charge is -2.47. The highest BCUT2D eigenvalue weighted by Gasteiger charge is 2.37. The van der Waals surface area contributed by atoms with Crippen LogP contribution in [0, 0.1) is 5.41 Å². The summed E-state index contributed by atoms with van der Waals surface area (Å²) in [5, 5.41) is 7.46. The number of rotatable bonds is 3. The third kappa shape index (κ3) is 3.77. The zero-order valence-corrected chi connectivity index (χ0v) is 12.7. The molecule has 110 valence electrons. The van der Waals surface area contributed by atoms with E-state index in [1.807, 2.05) is 12.1 Å². The first-order chi connectivity index (χ1) is 9.17. The Morgan fingerprint density at radius 2 is 1.95 bits per heavy atom. The van der Waals surface area contributed by atoms with Crippen molar-refractivity contribution in [2.45, 2.75) is 45.4 Å². The molecule has 2 heterocycles. The van der Waals surface area contributed by atoms with Gasteiger partial charge in [-0.2, -0.15) is 0 Å². The summed E-state index contributed by atoms with van der Waals surface area (Å²) in [4.78, 5) is 6.47. The van der Waals surface area contributed by atoms with Gasteiger partial charge in [0.05, 0.1) is 11.2 Å². The molecule has 1 saturated heterocycles. The molecule has 0 bridgehead atoms. The Bertz CT molecular complexity index is 494. The van der Waals surface area contributed by atoms with Gasteiger partial charge in [-0.25, -0.2) is 0 Å². The maximum Gasteiger partial charge on any atom is 0.141 e. The number of aromatic nitrogens is 1. The number of ether oxygens (including phenoxy) is 1. The molecular weight excluding hydrogens is 252 g/mol. The molecule has 5 heteroatoms. The highest BCUT2D eigenvalue weighted by molar-refractivity contribution is 5.93. The fraction of sp³-hybridized carbons (Fsp3) is 0.600. The lowest BCUT2D eigenvalue weighted by atomic mass is 9.98. The fourth-order valence-electron chi connectivity index (χ4n) is 3.04. The molecule has 0 unspecified atom stereocenters. The summed E-state index contributed by atoms with van der Waals surface area (Å²) in [6.45, 7) is 11.1. The van der Waals surface area contributed by atoms with Crippen LogP contribution in [0.2, 0.25) is 0 Å². The molecule has 1 fully saturated rings. The summed E-state index contributed by atoms with van der Waals surface area (Å²) >= 11 is 0. The molecule has 5 nitrogen and oxygen atoms in total. The van der Waals surface area contributed by atoms with E-state index in [0.29, 0.717) is 5.69 Å². The first-order valence-corrected chi connectivity index (χ1v) is 6.89. The van der Waals surface area contributed by atoms with E-state index in [9.17, 15) is 0 Å². The number of nitrogens with two attached hydrogens (primary N) is 1. The molecule has 1 aliphatic rings. The Morgan fingerprint density at radius 1 is 1.35 bits per heavy atom. The van der Waals surface area contributed by atoms with E-state index in [2.05, 4.69) is 37.6 Å². The third-order valence-electron chi connectivity index (χ3n) is 3.27. The molecule has 20 heavy (non-hydrogen) atoms. The van der Waals surface area contributed by atoms with Crippen LogP contribution in [0.5, 0.6) is 0 Å². The van der Waals surface area contributed by atoms with E-state index in [4.69, 9.17) is 15.9 Å². The van der Waals surface area contributed by atoms with Crippen molar-refractivity contribution in [2.75, 3.05) is 13.1 Å². The average molecular weight is 276 g/mol. The van der Waals surface area contributed by atoms with Gasteiger partial charge in [0.25, 0.3) is 0 Å². The van der Waals surface area contributed by atoms with Gasteiger partial charge in [-0.15, -0.1) is 0 Å². The molecule has 0 radical (unpaired) electrons. The number of nitrogens with zero attached hydrogens (tertiary/aromatic N) is 2. The van der Waals surface area contributed by atoms with Gasteiger partial charge in [-0.3, -0.25) is 15.3 Å². The Labute approximate surface area is 120 Å². The number of nitrogens with one attached hydrogen (secondary N) is 1. The standard InChI is InChI=1S/C15H24N4O/c1-14(2)9-19(10-15(3,4)20-14)8-11-5-6-18-12(7-11)13(16)17/h5-7H,8-10H2,1-4H3,(H3,16,17). The van der Waals surface area contributed by atoms with Crippen molar-refractivity contribution >= 4 is 5.84 Å². The second kappa shape index (κ2) is 5.14. The van der Waals surface area contributed by atoms with Crippen LogP contribution in [0.1, 0.15) is 39.0 Å². The Kier molecular flexibility index (Phi) is 3.84. The second-order valence-electron chi connectivity index (χ2n) is 6.73. The highest BCUT2D eigenvalue weighted by Crippen LogP contribution is 2.28. The highest BCUT2D eigenvalue weighted by atomic mass is 16.5. The van der Waals surface area contributed by atoms with Crippen LogP contribution in [-0.4, -0.2) is 40.0 Å². The molecule has 1 aromatic heterocycles. The molecule has 0 aromatic carbocycles. The predicted octanol–water partition coefficient (Wildman–Crippen LogP) is 1.76. The van der Waals surface area contributed by atoms with Crippen LogP contribution in [0.3, 0.4) is 0 Å². The van der Waals surface area contributed by atoms with Gasteiger partial charge < -0.3 is 10.5 Å². The van der Waals surface area contributed by atoms with Crippen molar-refractivity contribution in [2.24, 2.45) is 5.73 Å². The molecule has 1 aliphatic heterocycles. The van der Waals surface area contributed by atoms with Crippen molar-refractivity contribution in [1.82, 2.24) is 9.88 Å². The topological polar surface area (TPSA) is 75.2 Å². The largest absolute Gasteiger partial charge is 0.382 e. The van der Waals surface area contributed by atoms with Crippen LogP contribution in [0.25, 0.3) is 0 Å². The first-order valence-electron chi connectivity index (χ1n) is 6.89. The van der Waals surface area contributed by atoms with Crippen LogP contribution >= 0.6 is 0 Å². The number of hydrogen-bond acceptors (Lipinski definition) is 4. The lowest BCUT2D eigenvalue weighted by molar-refractivity contribution is -0.182. The number of nitrogen functional groups attached to an aromatic ring is 1. The summed E-state index contributed by atoms with van der Waals surface area (Å²) in [7, 11) is 0. The number of morpholine rings is 1. The van der Waals surface area contributed by atoms with E-state index in [-0.39, 0.29) is 17.0 Å². The van der Waals surface area contributed by atoms with Crippen molar-refractivity contribution in [3.05, 3.63) is 29.6 Å². The van der Waals surface area contributed by atoms with Gasteiger partial charge >= 0.3 is 0 Å². The molecule has 3 N–H and O–H groups in total. The monoisotopic (exact) mass is 276 g/mol. The minimum absolute atomic E-state index is 0.00878. The van der Waals surface area contributed by atoms with Crippen molar-refractivity contribution in [3.63, 3.8) is 0 Å². The van der Waals surface area contributed by atoms with Crippen molar-refractivity contribution < 1.29 is 4.74 Å². The lowest BCUT2D eigenvalue weighted by Crippen LogP contribution is -2.56. The van der Waals surface area contributed by atoms with Crippen molar-refractivity contribution in [3.8, 4) is 0 Å². The van der Waals surface area contributed by atoms with E-state index >= 15 is 0 Å². The van der Waals surface area contributed by atoms with Gasteiger partial charge in [0.2, 0.25) is 0 Å². The van der Waals surface area contributed by atoms with Crippen molar-refractivity contribution in [1.29, 1.82) is 5.41 Å². The van der Waals surface area contributed by atoms with Crippen LogP contribution in [-0.2, 0) is 11.3 Å². The maximum absolute atomic E-state index is 7.46. The van der Waals surface area contributed by atoms with E-state index in [0.717, 1.165) is 25.2 Å². The van der Waals surface area contributed by atoms with Crippen LogP contribution < -0.4 is 5.73 Å². The van der Waals surface area contributed by atoms with E-state index < -0.39 is 0 Å². The van der Waals surface area contributed by atoms with Gasteiger partial charge in [0, 0.05) is 25.8 Å². The molecule has 0 saturated carbocycles. The molecule has 0 aliphatic carbocycles. The van der Waals surface area contributed by atoms with Crippen LogP contribution in [0.15, 0.2) is 18.3 Å². The van der Waals surface area contributed by atoms with Crippen LogP contribution in [0.4, 0.5) is 0 Å². The van der Waals surface area contributed by atoms with E-state index in [1.54, 1.807) is 6.20 Å². The summed E-state index contributed by atoms with van der Waals surface area (Å²) in [6, 6.07) is 3.86. The molecule has 1 aromatic rings. The minimum Gasteiger partial charge on any atom is -0.382 e. The Morgan fingerprint density at radius 3 is 2.50 bits per heavy atom. The minimum atomic E-state index is -0.155. The number of pyridine rings is 1. The first kappa shape index (κ1) is 14.9. The SMILES string of the molecule is CC1(C)CN(Cc2ccnc(C(=N)N)c2)CC(C)(C)O1. The average Bonchev–Trinajstić information content (AvgIpc) is 2.24.